The molecular weight excluding hydrogens is 333 g/mol. The lowest BCUT2D eigenvalue weighted by molar-refractivity contribution is -0.130. The summed E-state index contributed by atoms with van der Waals surface area (Å²) in [5.41, 5.74) is 0.511. The molecule has 0 saturated carbocycles. The van der Waals surface area contributed by atoms with Crippen LogP contribution in [0.3, 0.4) is 0 Å². The zero-order chi connectivity index (χ0) is 13.8. The molecule has 2 nitrogen and oxygen atoms in total. The molecule has 19 heavy (non-hydrogen) atoms. The van der Waals surface area contributed by atoms with Gasteiger partial charge in [-0.1, -0.05) is 18.9 Å². The minimum absolute atomic E-state index is 0.120. The average molecular weight is 349 g/mol. The molecule has 5 heteroatoms. The van der Waals surface area contributed by atoms with Gasteiger partial charge in [-0.3, -0.25) is 4.79 Å². The van der Waals surface area contributed by atoms with Crippen molar-refractivity contribution in [1.29, 1.82) is 0 Å². The van der Waals surface area contributed by atoms with Gasteiger partial charge in [-0.05, 0) is 46.5 Å². The lowest BCUT2D eigenvalue weighted by Gasteiger charge is -2.23. The first-order valence-corrected chi connectivity index (χ1v) is 7.70. The molecule has 104 valence electrons. The Hall–Kier alpha value is -0.610. The minimum Gasteiger partial charge on any atom is -0.341 e. The number of nitrogens with zero attached hydrogens (tertiary/aromatic N) is 1. The normalized spacial score (nSPS) is 17.9. The molecule has 1 aliphatic rings. The molecular formula is C14H16BrClFNO. The van der Waals surface area contributed by atoms with Crippen molar-refractivity contribution in [3.63, 3.8) is 0 Å². The largest absolute Gasteiger partial charge is 0.341 e. The number of carbonyl (C=O) groups is 1. The number of rotatable bonds is 2. The van der Waals surface area contributed by atoms with E-state index in [4.69, 9.17) is 11.6 Å². The summed E-state index contributed by atoms with van der Waals surface area (Å²) >= 11 is 9.28. The van der Waals surface area contributed by atoms with Gasteiger partial charge in [0.15, 0.2) is 0 Å². The molecule has 1 heterocycles. The summed E-state index contributed by atoms with van der Waals surface area (Å²) in [4.78, 5) is 14.1. The standard InChI is InChI=1S/C14H16BrClFNO/c15-11-6-5-10(9-12(11)17)13(16)14(19)18-7-3-1-2-4-8-18/h5-6,9,13H,1-4,7-8H2. The van der Waals surface area contributed by atoms with Crippen molar-refractivity contribution >= 4 is 33.4 Å². The second kappa shape index (κ2) is 6.71. The van der Waals surface area contributed by atoms with Crippen LogP contribution in [-0.4, -0.2) is 23.9 Å². The summed E-state index contributed by atoms with van der Waals surface area (Å²) in [6, 6.07) is 4.58. The summed E-state index contributed by atoms with van der Waals surface area (Å²) in [6.45, 7) is 1.50. The fraction of sp³-hybridized carbons (Fsp3) is 0.500. The van der Waals surface area contributed by atoms with Gasteiger partial charge in [0.1, 0.15) is 11.2 Å². The summed E-state index contributed by atoms with van der Waals surface area (Å²) in [5, 5.41) is -0.805. The van der Waals surface area contributed by atoms with Crippen LogP contribution in [0.2, 0.25) is 0 Å². The first kappa shape index (κ1) is 14.8. The third kappa shape index (κ3) is 3.69. The van der Waals surface area contributed by atoms with Crippen molar-refractivity contribution in [2.24, 2.45) is 0 Å². The van der Waals surface area contributed by atoms with E-state index in [1.807, 2.05) is 0 Å². The predicted octanol–water partition coefficient (Wildman–Crippen LogP) is 4.27. The SMILES string of the molecule is O=C(C(Cl)c1ccc(Br)c(F)c1)N1CCCCCC1. The number of alkyl halides is 1. The van der Waals surface area contributed by atoms with Crippen molar-refractivity contribution in [2.75, 3.05) is 13.1 Å². The van der Waals surface area contributed by atoms with Crippen molar-refractivity contribution in [3.05, 3.63) is 34.1 Å². The second-order valence-electron chi connectivity index (χ2n) is 4.78. The van der Waals surface area contributed by atoms with E-state index in [1.54, 1.807) is 17.0 Å². The maximum atomic E-state index is 13.5. The molecule has 0 radical (unpaired) electrons. The topological polar surface area (TPSA) is 20.3 Å². The van der Waals surface area contributed by atoms with Gasteiger partial charge in [-0.15, -0.1) is 11.6 Å². The van der Waals surface area contributed by atoms with Crippen LogP contribution in [0.4, 0.5) is 4.39 Å². The number of benzene rings is 1. The Kier molecular flexibility index (Phi) is 5.22. The molecule has 0 spiro atoms. The van der Waals surface area contributed by atoms with Crippen molar-refractivity contribution in [2.45, 2.75) is 31.1 Å². The third-order valence-electron chi connectivity index (χ3n) is 3.37. The van der Waals surface area contributed by atoms with Crippen LogP contribution < -0.4 is 0 Å². The molecule has 0 N–H and O–H groups in total. The highest BCUT2D eigenvalue weighted by Crippen LogP contribution is 2.27. The molecule has 1 unspecified atom stereocenters. The van der Waals surface area contributed by atoms with E-state index < -0.39 is 11.2 Å². The Morgan fingerprint density at radius 2 is 1.89 bits per heavy atom. The van der Waals surface area contributed by atoms with Gasteiger partial charge < -0.3 is 4.90 Å². The van der Waals surface area contributed by atoms with Gasteiger partial charge in [0.05, 0.1) is 4.47 Å². The van der Waals surface area contributed by atoms with Crippen LogP contribution in [0.25, 0.3) is 0 Å². The van der Waals surface area contributed by atoms with Gasteiger partial charge in [-0.25, -0.2) is 4.39 Å². The molecule has 0 aromatic heterocycles. The number of hydrogen-bond donors (Lipinski definition) is 0. The maximum absolute atomic E-state index is 13.5. The van der Waals surface area contributed by atoms with E-state index in [2.05, 4.69) is 15.9 Å². The highest BCUT2D eigenvalue weighted by atomic mass is 79.9. The van der Waals surface area contributed by atoms with E-state index in [9.17, 15) is 9.18 Å². The first-order valence-electron chi connectivity index (χ1n) is 6.47. The lowest BCUT2D eigenvalue weighted by atomic mass is 10.1. The van der Waals surface area contributed by atoms with Gasteiger partial charge in [0, 0.05) is 13.1 Å². The number of likely N-dealkylation sites (tertiary alicyclic amines) is 1. The summed E-state index contributed by atoms with van der Waals surface area (Å²) in [7, 11) is 0. The van der Waals surface area contributed by atoms with E-state index >= 15 is 0 Å². The zero-order valence-corrected chi connectivity index (χ0v) is 12.9. The quantitative estimate of drug-likeness (QED) is 0.731. The summed E-state index contributed by atoms with van der Waals surface area (Å²) in [6.07, 6.45) is 4.35. The van der Waals surface area contributed by atoms with Crippen molar-refractivity contribution in [1.82, 2.24) is 4.90 Å². The summed E-state index contributed by atoms with van der Waals surface area (Å²) < 4.78 is 13.9. The van der Waals surface area contributed by atoms with Crippen LogP contribution >= 0.6 is 27.5 Å². The first-order chi connectivity index (χ1) is 9.09. The molecule has 1 aromatic carbocycles. The fourth-order valence-corrected chi connectivity index (χ4v) is 2.78. The Balaban J connectivity index is 2.10. The Morgan fingerprint density at radius 3 is 2.47 bits per heavy atom. The Bertz CT molecular complexity index is 461. The van der Waals surface area contributed by atoms with E-state index in [0.29, 0.717) is 10.0 Å². The number of halogens is 3. The molecule has 1 amide bonds. The molecule has 1 aromatic rings. The van der Waals surface area contributed by atoms with Crippen LogP contribution in [0.1, 0.15) is 36.6 Å². The number of hydrogen-bond acceptors (Lipinski definition) is 1. The lowest BCUT2D eigenvalue weighted by Crippen LogP contribution is -2.34. The minimum atomic E-state index is -0.805. The molecule has 1 fully saturated rings. The third-order valence-corrected chi connectivity index (χ3v) is 4.45. The van der Waals surface area contributed by atoms with Gasteiger partial charge in [0.25, 0.3) is 0 Å². The summed E-state index contributed by atoms with van der Waals surface area (Å²) in [5.74, 6) is -0.517. The van der Waals surface area contributed by atoms with Crippen LogP contribution in [-0.2, 0) is 4.79 Å². The van der Waals surface area contributed by atoms with Crippen LogP contribution in [0.15, 0.2) is 22.7 Å². The van der Waals surface area contributed by atoms with E-state index in [-0.39, 0.29) is 5.91 Å². The zero-order valence-electron chi connectivity index (χ0n) is 10.5. The predicted molar refractivity (Wildman–Crippen MR) is 77.7 cm³/mol. The fourth-order valence-electron chi connectivity index (χ4n) is 2.26. The molecule has 1 saturated heterocycles. The van der Waals surface area contributed by atoms with Crippen LogP contribution in [0, 0.1) is 5.82 Å². The Labute approximate surface area is 126 Å². The van der Waals surface area contributed by atoms with E-state index in [0.717, 1.165) is 38.8 Å². The number of amides is 1. The molecule has 2 rings (SSSR count). The number of carbonyl (C=O) groups excluding carboxylic acids is 1. The highest BCUT2D eigenvalue weighted by molar-refractivity contribution is 9.10. The monoisotopic (exact) mass is 347 g/mol. The Morgan fingerprint density at radius 1 is 1.26 bits per heavy atom. The van der Waals surface area contributed by atoms with E-state index in [1.165, 1.54) is 6.07 Å². The van der Waals surface area contributed by atoms with Gasteiger partial charge in [0.2, 0.25) is 5.91 Å². The molecule has 0 bridgehead atoms. The molecule has 0 aliphatic carbocycles. The smallest absolute Gasteiger partial charge is 0.245 e. The molecule has 1 atom stereocenters. The highest BCUT2D eigenvalue weighted by Gasteiger charge is 2.25. The second-order valence-corrected chi connectivity index (χ2v) is 6.07. The molecule has 1 aliphatic heterocycles. The van der Waals surface area contributed by atoms with Gasteiger partial charge >= 0.3 is 0 Å². The van der Waals surface area contributed by atoms with Crippen LogP contribution in [0.5, 0.6) is 0 Å². The van der Waals surface area contributed by atoms with Crippen molar-refractivity contribution in [3.8, 4) is 0 Å². The maximum Gasteiger partial charge on any atom is 0.245 e. The van der Waals surface area contributed by atoms with Crippen molar-refractivity contribution < 1.29 is 9.18 Å². The average Bonchev–Trinajstić information content (AvgIpc) is 2.69. The van der Waals surface area contributed by atoms with Gasteiger partial charge in [-0.2, -0.15) is 0 Å².